The molecule has 0 radical (unpaired) electrons. The number of nitrogens with two attached hydrogens (primary N) is 1. The standard InChI is InChI=1S/C26H33F2N6O8P/c1-15(21(36)40-16-9-5-3-6-10-16)33-43(38,42-17-11-7-4-8-12-17)39-13-26(28)22(27)25(2,37)23(41-26)34-14-30-18-19(34)31-24(29)32-20(18)35/h4,7-8,11-12,14-16,22-23,37H,3,5-6,9-10,13H2,1-2H3,(H,33,38)(H3,29,31,32,35)/t15-,22?,23+,25+,26+,43?/m0/s1. The van der Waals surface area contributed by atoms with E-state index in [0.29, 0.717) is 12.8 Å². The fraction of sp³-hybridized carbons (Fsp3) is 0.538. The second-order valence-corrected chi connectivity index (χ2v) is 12.5. The van der Waals surface area contributed by atoms with Crippen molar-refractivity contribution in [3.8, 4) is 5.75 Å². The number of rotatable bonds is 10. The Morgan fingerprint density at radius 2 is 2.02 bits per heavy atom. The number of nitrogens with one attached hydrogen (secondary N) is 2. The molecule has 0 spiro atoms. The zero-order valence-electron chi connectivity index (χ0n) is 23.4. The zero-order valence-corrected chi connectivity index (χ0v) is 24.3. The molecule has 1 aliphatic carbocycles. The Bertz CT molecular complexity index is 1570. The normalized spacial score (nSPS) is 28.4. The van der Waals surface area contributed by atoms with Gasteiger partial charge in [0.05, 0.1) is 6.33 Å². The number of hydrogen-bond acceptors (Lipinski definition) is 11. The van der Waals surface area contributed by atoms with Crippen LogP contribution in [0, 0.1) is 0 Å². The Kier molecular flexibility index (Phi) is 8.60. The van der Waals surface area contributed by atoms with Gasteiger partial charge in [0, 0.05) is 0 Å². The van der Waals surface area contributed by atoms with Gasteiger partial charge >= 0.3 is 13.7 Å². The predicted molar refractivity (Wildman–Crippen MR) is 148 cm³/mol. The summed E-state index contributed by atoms with van der Waals surface area (Å²) in [4.78, 5) is 35.0. The lowest BCUT2D eigenvalue weighted by Crippen LogP contribution is -2.46. The van der Waals surface area contributed by atoms with Crippen molar-refractivity contribution in [2.75, 3.05) is 12.3 Å². The van der Waals surface area contributed by atoms with Crippen LogP contribution in [0.15, 0.2) is 41.5 Å². The van der Waals surface area contributed by atoms with Gasteiger partial charge in [-0.3, -0.25) is 23.7 Å². The summed E-state index contributed by atoms with van der Waals surface area (Å²) in [6.07, 6.45) is 0.451. The lowest BCUT2D eigenvalue weighted by Gasteiger charge is -2.28. The fourth-order valence-electron chi connectivity index (χ4n) is 5.11. The van der Waals surface area contributed by atoms with Crippen molar-refractivity contribution in [2.24, 2.45) is 0 Å². The highest BCUT2D eigenvalue weighted by molar-refractivity contribution is 7.52. The van der Waals surface area contributed by atoms with Crippen molar-refractivity contribution < 1.29 is 41.8 Å². The third kappa shape index (κ3) is 6.43. The molecule has 1 aliphatic heterocycles. The van der Waals surface area contributed by atoms with Crippen LogP contribution in [0.1, 0.15) is 52.2 Å². The molecule has 0 bridgehead atoms. The molecule has 0 amide bonds. The Morgan fingerprint density at radius 3 is 2.72 bits per heavy atom. The van der Waals surface area contributed by atoms with Gasteiger partial charge in [-0.25, -0.2) is 18.3 Å². The van der Waals surface area contributed by atoms with E-state index in [1.54, 1.807) is 18.2 Å². The molecule has 2 unspecified atom stereocenters. The molecule has 234 valence electrons. The molecule has 1 saturated carbocycles. The number of carbonyl (C=O) groups is 1. The van der Waals surface area contributed by atoms with Crippen LogP contribution in [0.2, 0.25) is 0 Å². The average Bonchev–Trinajstić information content (AvgIpc) is 3.46. The molecule has 2 aliphatic rings. The van der Waals surface area contributed by atoms with Gasteiger partial charge in [-0.2, -0.15) is 10.1 Å². The first-order valence-corrected chi connectivity index (χ1v) is 15.3. The largest absolute Gasteiger partial charge is 0.461 e. The molecule has 1 aromatic carbocycles. The highest BCUT2D eigenvalue weighted by atomic mass is 31.2. The minimum Gasteiger partial charge on any atom is -0.461 e. The summed E-state index contributed by atoms with van der Waals surface area (Å²) in [5, 5.41) is 13.4. The summed E-state index contributed by atoms with van der Waals surface area (Å²) in [5.74, 6) is -4.36. The number of alkyl halides is 2. The van der Waals surface area contributed by atoms with Crippen LogP contribution in [0.3, 0.4) is 0 Å². The first-order chi connectivity index (χ1) is 20.3. The van der Waals surface area contributed by atoms with Crippen LogP contribution < -0.4 is 20.9 Å². The van der Waals surface area contributed by atoms with E-state index in [0.717, 1.165) is 37.1 Å². The minimum atomic E-state index is -4.61. The molecule has 2 aromatic heterocycles. The number of hydrogen-bond donors (Lipinski definition) is 4. The Labute approximate surface area is 244 Å². The molecule has 1 saturated heterocycles. The smallest absolute Gasteiger partial charge is 0.459 e. The van der Waals surface area contributed by atoms with Gasteiger partial charge in [-0.05, 0) is 51.7 Å². The Hall–Kier alpha value is -3.43. The predicted octanol–water partition coefficient (Wildman–Crippen LogP) is 3.04. The summed E-state index contributed by atoms with van der Waals surface area (Å²) in [6, 6.07) is 6.51. The van der Waals surface area contributed by atoms with Gasteiger partial charge in [0.25, 0.3) is 11.4 Å². The van der Waals surface area contributed by atoms with Crippen molar-refractivity contribution in [1.29, 1.82) is 0 Å². The van der Waals surface area contributed by atoms with Crippen molar-refractivity contribution in [3.63, 3.8) is 0 Å². The number of aromatic nitrogens is 4. The summed E-state index contributed by atoms with van der Waals surface area (Å²) >= 11 is 0. The second-order valence-electron chi connectivity index (χ2n) is 10.8. The van der Waals surface area contributed by atoms with Gasteiger partial charge in [-0.15, -0.1) is 0 Å². The highest BCUT2D eigenvalue weighted by Crippen LogP contribution is 2.51. The molecule has 14 nitrogen and oxygen atoms in total. The maximum absolute atomic E-state index is 16.2. The zero-order chi connectivity index (χ0) is 31.0. The number of esters is 1. The number of fused-ring (bicyclic) bond motifs is 1. The molecular weight excluding hydrogens is 593 g/mol. The lowest BCUT2D eigenvalue weighted by atomic mass is 9.97. The average molecular weight is 627 g/mol. The number of anilines is 1. The fourth-order valence-corrected chi connectivity index (χ4v) is 6.61. The van der Waals surface area contributed by atoms with Gasteiger partial charge < -0.3 is 24.8 Å². The number of ether oxygens (including phenoxy) is 2. The molecule has 17 heteroatoms. The number of imidazole rings is 1. The third-order valence-electron chi connectivity index (χ3n) is 7.34. The topological polar surface area (TPSA) is 193 Å². The number of aliphatic hydroxyl groups is 1. The van der Waals surface area contributed by atoms with Crippen molar-refractivity contribution in [2.45, 2.75) is 82.0 Å². The van der Waals surface area contributed by atoms with Crippen molar-refractivity contribution in [1.82, 2.24) is 24.6 Å². The maximum atomic E-state index is 16.2. The second kappa shape index (κ2) is 11.9. The van der Waals surface area contributed by atoms with E-state index in [1.165, 1.54) is 19.1 Å². The molecule has 5 N–H and O–H groups in total. The number of carbonyl (C=O) groups excluding carboxylic acids is 1. The van der Waals surface area contributed by atoms with Crippen LogP contribution in [0.25, 0.3) is 11.2 Å². The van der Waals surface area contributed by atoms with Crippen LogP contribution in [-0.2, 0) is 23.4 Å². The lowest BCUT2D eigenvalue weighted by molar-refractivity contribution is -0.192. The van der Waals surface area contributed by atoms with E-state index >= 15 is 8.78 Å². The van der Waals surface area contributed by atoms with Crippen LogP contribution in [0.4, 0.5) is 14.7 Å². The van der Waals surface area contributed by atoms with Gasteiger partial charge in [0.15, 0.2) is 23.6 Å². The van der Waals surface area contributed by atoms with Gasteiger partial charge in [0.2, 0.25) is 5.95 Å². The monoisotopic (exact) mass is 626 g/mol. The molecule has 43 heavy (non-hydrogen) atoms. The number of H-pyrrole nitrogens is 1. The first-order valence-electron chi connectivity index (χ1n) is 13.7. The number of nitrogen functional groups attached to an aromatic ring is 1. The number of benzene rings is 1. The Balaban J connectivity index is 1.36. The van der Waals surface area contributed by atoms with E-state index in [-0.39, 0.29) is 29.0 Å². The Morgan fingerprint density at radius 1 is 1.33 bits per heavy atom. The van der Waals surface area contributed by atoms with E-state index in [9.17, 15) is 19.3 Å². The van der Waals surface area contributed by atoms with Gasteiger partial charge in [0.1, 0.15) is 30.1 Å². The number of nitrogens with zero attached hydrogens (tertiary/aromatic N) is 3. The molecule has 5 rings (SSSR count). The van der Waals surface area contributed by atoms with E-state index in [1.807, 2.05) is 0 Å². The highest BCUT2D eigenvalue weighted by Gasteiger charge is 2.65. The SMILES string of the molecule is C[C@H](NP(=O)(OC[C@@]1(F)O[C@@H](n2cnc3c(=O)[nH]c(N)nc32)[C@](C)(O)C1F)Oc1ccccc1)C(=O)OC1CCCCC1. The van der Waals surface area contributed by atoms with Crippen molar-refractivity contribution >= 4 is 30.8 Å². The molecule has 2 fully saturated rings. The molecule has 3 heterocycles. The number of aromatic amines is 1. The number of para-hydroxylation sites is 1. The van der Waals surface area contributed by atoms with E-state index in [2.05, 4.69) is 20.0 Å². The number of halogens is 2. The third-order valence-corrected chi connectivity index (χ3v) is 8.97. The summed E-state index contributed by atoms with van der Waals surface area (Å²) < 4.78 is 68.3. The van der Waals surface area contributed by atoms with Gasteiger partial charge in [-0.1, -0.05) is 24.6 Å². The van der Waals surface area contributed by atoms with Crippen LogP contribution in [-0.4, -0.2) is 67.0 Å². The maximum Gasteiger partial charge on any atom is 0.459 e. The van der Waals surface area contributed by atoms with Crippen LogP contribution >= 0.6 is 7.75 Å². The first kappa shape index (κ1) is 31.0. The summed E-state index contributed by atoms with van der Waals surface area (Å²) in [6.45, 7) is 0.995. The summed E-state index contributed by atoms with van der Waals surface area (Å²) in [7, 11) is -4.61. The van der Waals surface area contributed by atoms with E-state index in [4.69, 9.17) is 24.3 Å². The molecule has 3 aromatic rings. The van der Waals surface area contributed by atoms with Crippen LogP contribution in [0.5, 0.6) is 5.75 Å². The molecule has 6 atom stereocenters. The molecular formula is C26H33F2N6O8P. The minimum absolute atomic E-state index is 0.0480. The van der Waals surface area contributed by atoms with Crippen molar-refractivity contribution in [3.05, 3.63) is 47.0 Å². The quantitative estimate of drug-likeness (QED) is 0.190. The summed E-state index contributed by atoms with van der Waals surface area (Å²) in [5.41, 5.74) is 1.92. The van der Waals surface area contributed by atoms with E-state index < -0.39 is 55.8 Å².